The van der Waals surface area contributed by atoms with Gasteiger partial charge in [0.25, 0.3) is 0 Å². The summed E-state index contributed by atoms with van der Waals surface area (Å²) in [7, 11) is 0. The summed E-state index contributed by atoms with van der Waals surface area (Å²) in [6, 6.07) is 0. The molecule has 0 heterocycles. The summed E-state index contributed by atoms with van der Waals surface area (Å²) in [6.07, 6.45) is 54.0. The van der Waals surface area contributed by atoms with E-state index < -0.39 is 6.10 Å². The second kappa shape index (κ2) is 45.3. The highest BCUT2D eigenvalue weighted by atomic mass is 16.6. The average Bonchev–Trinajstić information content (AvgIpc) is 3.17. The summed E-state index contributed by atoms with van der Waals surface area (Å²) in [4.78, 5) is 25.2. The zero-order valence-electron chi connectivity index (χ0n) is 36.0. The number of esters is 2. The summed E-state index contributed by atoms with van der Waals surface area (Å²) in [6.45, 7) is 7.65. The van der Waals surface area contributed by atoms with Gasteiger partial charge in [0.15, 0.2) is 6.10 Å². The Morgan fingerprint density at radius 1 is 0.426 bits per heavy atom. The van der Waals surface area contributed by atoms with Gasteiger partial charge in [0.2, 0.25) is 0 Å². The van der Waals surface area contributed by atoms with Crippen LogP contribution in [0.25, 0.3) is 0 Å². The van der Waals surface area contributed by atoms with Gasteiger partial charge in [-0.25, -0.2) is 0 Å². The third-order valence-corrected chi connectivity index (χ3v) is 9.89. The van der Waals surface area contributed by atoms with E-state index in [1.54, 1.807) is 0 Å². The fourth-order valence-electron chi connectivity index (χ4n) is 6.46. The Labute approximate surface area is 335 Å². The van der Waals surface area contributed by atoms with Crippen LogP contribution in [0.15, 0.2) is 48.6 Å². The molecule has 314 valence electrons. The molecule has 5 heteroatoms. The molecule has 0 aliphatic heterocycles. The van der Waals surface area contributed by atoms with Crippen molar-refractivity contribution < 1.29 is 23.8 Å². The molecule has 0 bridgehead atoms. The van der Waals surface area contributed by atoms with Gasteiger partial charge in [0, 0.05) is 19.4 Å². The molecule has 0 N–H and O–H groups in total. The minimum atomic E-state index is -0.557. The van der Waals surface area contributed by atoms with Crippen molar-refractivity contribution in [2.45, 2.75) is 232 Å². The molecule has 0 fully saturated rings. The molecule has 5 nitrogen and oxygen atoms in total. The van der Waals surface area contributed by atoms with Gasteiger partial charge in [-0.3, -0.25) is 9.59 Å². The lowest BCUT2D eigenvalue weighted by Crippen LogP contribution is -2.30. The number of hydrogen-bond donors (Lipinski definition) is 0. The van der Waals surface area contributed by atoms with Crippen molar-refractivity contribution in [3.8, 4) is 0 Å². The highest BCUT2D eigenvalue weighted by Crippen LogP contribution is 2.15. The summed E-state index contributed by atoms with van der Waals surface area (Å²) in [5.74, 6) is -0.483. The Kier molecular flexibility index (Phi) is 43.5. The highest BCUT2D eigenvalue weighted by molar-refractivity contribution is 5.70. The van der Waals surface area contributed by atoms with Gasteiger partial charge in [-0.15, -0.1) is 0 Å². The molecule has 54 heavy (non-hydrogen) atoms. The van der Waals surface area contributed by atoms with E-state index in [2.05, 4.69) is 63.3 Å². The predicted molar refractivity (Wildman–Crippen MR) is 233 cm³/mol. The molecule has 0 aromatic heterocycles. The number of unbranched alkanes of at least 4 members (excludes halogenated alkanes) is 23. The lowest BCUT2D eigenvalue weighted by Gasteiger charge is -2.18. The van der Waals surface area contributed by atoms with Crippen LogP contribution in [0.2, 0.25) is 0 Å². The van der Waals surface area contributed by atoms with E-state index in [0.717, 1.165) is 51.4 Å². The number of carbonyl (C=O) groups is 2. The molecule has 0 radical (unpaired) electrons. The quantitative estimate of drug-likeness (QED) is 0.0353. The molecular weight excluding hydrogens is 669 g/mol. The van der Waals surface area contributed by atoms with E-state index in [4.69, 9.17) is 14.2 Å². The molecule has 0 rings (SSSR count). The summed E-state index contributed by atoms with van der Waals surface area (Å²) >= 11 is 0. The van der Waals surface area contributed by atoms with Crippen molar-refractivity contribution in [1.29, 1.82) is 0 Å². The maximum atomic E-state index is 12.7. The molecule has 0 amide bonds. The van der Waals surface area contributed by atoms with E-state index in [1.165, 1.54) is 135 Å². The topological polar surface area (TPSA) is 61.8 Å². The first-order chi connectivity index (χ1) is 26.6. The van der Waals surface area contributed by atoms with E-state index in [1.807, 2.05) is 6.08 Å². The normalized spacial score (nSPS) is 12.6. The third-order valence-electron chi connectivity index (χ3n) is 9.89. The summed E-state index contributed by atoms with van der Waals surface area (Å²) in [5.41, 5.74) is 0. The van der Waals surface area contributed by atoms with Crippen molar-refractivity contribution in [2.24, 2.45) is 0 Å². The van der Waals surface area contributed by atoms with Crippen LogP contribution < -0.4 is 0 Å². The minimum absolute atomic E-state index is 0.0514. The molecule has 1 unspecified atom stereocenters. The first-order valence-corrected chi connectivity index (χ1v) is 23.2. The van der Waals surface area contributed by atoms with Crippen molar-refractivity contribution in [3.05, 3.63) is 48.6 Å². The van der Waals surface area contributed by atoms with Gasteiger partial charge in [0.05, 0.1) is 6.61 Å². The van der Waals surface area contributed by atoms with Crippen molar-refractivity contribution in [2.75, 3.05) is 19.8 Å². The van der Waals surface area contributed by atoms with Gasteiger partial charge < -0.3 is 14.2 Å². The fraction of sp³-hybridized carbons (Fsp3) is 0.796. The largest absolute Gasteiger partial charge is 0.462 e. The zero-order valence-corrected chi connectivity index (χ0v) is 36.0. The molecule has 0 saturated heterocycles. The zero-order chi connectivity index (χ0) is 39.3. The molecule has 0 aromatic rings. The lowest BCUT2D eigenvalue weighted by atomic mass is 10.0. The second-order valence-corrected chi connectivity index (χ2v) is 15.3. The van der Waals surface area contributed by atoms with Gasteiger partial charge >= 0.3 is 11.9 Å². The minimum Gasteiger partial charge on any atom is -0.462 e. The predicted octanol–water partition coefficient (Wildman–Crippen LogP) is 15.2. The molecule has 0 saturated carbocycles. The first-order valence-electron chi connectivity index (χ1n) is 23.2. The average molecular weight is 757 g/mol. The lowest BCUT2D eigenvalue weighted by molar-refractivity contribution is -0.162. The van der Waals surface area contributed by atoms with Crippen LogP contribution in [0.1, 0.15) is 226 Å². The van der Waals surface area contributed by atoms with Crippen LogP contribution >= 0.6 is 0 Å². The second-order valence-electron chi connectivity index (χ2n) is 15.3. The van der Waals surface area contributed by atoms with E-state index in [-0.39, 0.29) is 25.2 Å². The maximum Gasteiger partial charge on any atom is 0.306 e. The highest BCUT2D eigenvalue weighted by Gasteiger charge is 2.17. The van der Waals surface area contributed by atoms with E-state index >= 15 is 0 Å². The Bertz CT molecular complexity index is 904. The van der Waals surface area contributed by atoms with Crippen molar-refractivity contribution >= 4 is 11.9 Å². The number of carbonyl (C=O) groups excluding carboxylic acids is 2. The number of hydrogen-bond acceptors (Lipinski definition) is 5. The Morgan fingerprint density at radius 3 is 1.30 bits per heavy atom. The van der Waals surface area contributed by atoms with Gasteiger partial charge in [-0.05, 0) is 44.9 Å². The first kappa shape index (κ1) is 51.9. The molecule has 1 atom stereocenters. The Balaban J connectivity index is 4.33. The smallest absolute Gasteiger partial charge is 0.306 e. The van der Waals surface area contributed by atoms with Gasteiger partial charge in [0.1, 0.15) is 6.61 Å². The van der Waals surface area contributed by atoms with Crippen LogP contribution in [0.3, 0.4) is 0 Å². The maximum absolute atomic E-state index is 12.7. The number of rotatable bonds is 42. The number of allylic oxidation sites excluding steroid dienone is 8. The molecule has 0 aliphatic rings. The SMILES string of the molecule is CC/C=C\C/C=C\C/C=C\C/C=C\CCC(=O)OCC(COCCCCCCCCCCCCCC)OC(=O)CCCCCCCCCCCCCCC. The molecule has 0 aromatic carbocycles. The summed E-state index contributed by atoms with van der Waals surface area (Å²) < 4.78 is 17.3. The molecule has 0 aliphatic carbocycles. The standard InChI is InChI=1S/C49H88O5/c1-4-7-10-13-16-19-22-25-27-30-33-36-39-42-48(50)53-46-47(45-52-44-41-38-35-32-29-24-21-18-15-12-9-6-3)54-49(51)43-40-37-34-31-28-26-23-20-17-14-11-8-5-2/h7,10,16,19,25,27,33,36,47H,4-6,8-9,11-15,17-18,20-24,26,28-32,34-35,37-46H2,1-3H3/b10-7-,19-16-,27-25-,36-33-. The van der Waals surface area contributed by atoms with Crippen molar-refractivity contribution in [1.82, 2.24) is 0 Å². The van der Waals surface area contributed by atoms with Gasteiger partial charge in [-0.2, -0.15) is 0 Å². The Hall–Kier alpha value is -2.14. The number of ether oxygens (including phenoxy) is 3. The van der Waals surface area contributed by atoms with Crippen LogP contribution in [-0.4, -0.2) is 37.9 Å². The van der Waals surface area contributed by atoms with Crippen LogP contribution in [0, 0.1) is 0 Å². The molecule has 0 spiro atoms. The van der Waals surface area contributed by atoms with E-state index in [9.17, 15) is 9.59 Å². The van der Waals surface area contributed by atoms with Crippen molar-refractivity contribution in [3.63, 3.8) is 0 Å². The van der Waals surface area contributed by atoms with Crippen LogP contribution in [0.5, 0.6) is 0 Å². The van der Waals surface area contributed by atoms with Crippen LogP contribution in [-0.2, 0) is 23.8 Å². The Morgan fingerprint density at radius 2 is 0.833 bits per heavy atom. The van der Waals surface area contributed by atoms with E-state index in [0.29, 0.717) is 25.9 Å². The monoisotopic (exact) mass is 757 g/mol. The molecular formula is C49H88O5. The van der Waals surface area contributed by atoms with Gasteiger partial charge in [-0.1, -0.05) is 217 Å². The third kappa shape index (κ3) is 42.6. The fourth-order valence-corrected chi connectivity index (χ4v) is 6.46. The summed E-state index contributed by atoms with van der Waals surface area (Å²) in [5, 5.41) is 0. The van der Waals surface area contributed by atoms with Crippen LogP contribution in [0.4, 0.5) is 0 Å².